The van der Waals surface area contributed by atoms with E-state index >= 15 is 0 Å². The lowest BCUT2D eigenvalue weighted by Gasteiger charge is -2.02. The minimum Gasteiger partial charge on any atom is -0.351 e. The van der Waals surface area contributed by atoms with Crippen LogP contribution in [0.25, 0.3) is 17.5 Å². The number of non-ortho nitro benzene ring substituents is 1. The number of nitrogens with one attached hydrogen (secondary N) is 1. The summed E-state index contributed by atoms with van der Waals surface area (Å²) in [7, 11) is 0. The molecule has 0 radical (unpaired) electrons. The Bertz CT molecular complexity index is 1180. The third-order valence-electron chi connectivity index (χ3n) is 4.86. The number of pyridine rings is 1. The van der Waals surface area contributed by atoms with E-state index in [9.17, 15) is 19.7 Å². The summed E-state index contributed by atoms with van der Waals surface area (Å²) in [5.41, 5.74) is 1.24. The zero-order chi connectivity index (χ0) is 21.8. The highest BCUT2D eigenvalue weighted by Crippen LogP contribution is 2.36. The molecule has 1 N–H and O–H groups in total. The number of aromatic nitrogens is 4. The van der Waals surface area contributed by atoms with Crippen LogP contribution in [-0.2, 0) is 11.3 Å². The second-order valence-corrected chi connectivity index (χ2v) is 7.15. The molecule has 158 valence electrons. The molecule has 4 rings (SSSR count). The predicted molar refractivity (Wildman–Crippen MR) is 113 cm³/mol. The van der Waals surface area contributed by atoms with Crippen LogP contribution in [0.3, 0.4) is 0 Å². The zero-order valence-corrected chi connectivity index (χ0v) is 16.5. The van der Waals surface area contributed by atoms with Crippen molar-refractivity contribution < 1.29 is 9.72 Å². The van der Waals surface area contributed by atoms with Crippen LogP contribution < -0.4 is 11.0 Å². The molecule has 1 aromatic carbocycles. The molecule has 1 amide bonds. The molecule has 0 bridgehead atoms. The molecular weight excluding hydrogens is 400 g/mol. The highest BCUT2D eigenvalue weighted by atomic mass is 16.6. The first-order valence-electron chi connectivity index (χ1n) is 9.83. The van der Waals surface area contributed by atoms with Crippen LogP contribution >= 0.6 is 0 Å². The van der Waals surface area contributed by atoms with Crippen molar-refractivity contribution in [1.82, 2.24) is 24.6 Å². The second-order valence-electron chi connectivity index (χ2n) is 7.15. The van der Waals surface area contributed by atoms with Gasteiger partial charge in [-0.2, -0.15) is 0 Å². The van der Waals surface area contributed by atoms with Crippen LogP contribution in [0.1, 0.15) is 24.4 Å². The summed E-state index contributed by atoms with van der Waals surface area (Å²) >= 11 is 0. The fourth-order valence-electron chi connectivity index (χ4n) is 3.14. The first kappa shape index (κ1) is 20.2. The number of rotatable bonds is 8. The summed E-state index contributed by atoms with van der Waals surface area (Å²) < 4.78 is 3.06. The SMILES string of the molecule is O=C(/C=C/c1ccc([N+](=O)[O-])cc1)NCCn1nc(-c2cccnc2)n(C2CC2)c1=O. The van der Waals surface area contributed by atoms with Crippen molar-refractivity contribution in [2.45, 2.75) is 25.4 Å². The average molecular weight is 420 g/mol. The number of nitro groups is 1. The molecule has 31 heavy (non-hydrogen) atoms. The Morgan fingerprint density at radius 2 is 2.03 bits per heavy atom. The van der Waals surface area contributed by atoms with E-state index in [4.69, 9.17) is 0 Å². The molecule has 2 aromatic heterocycles. The minimum absolute atomic E-state index is 0.0108. The smallest absolute Gasteiger partial charge is 0.346 e. The summed E-state index contributed by atoms with van der Waals surface area (Å²) in [5.74, 6) is 0.255. The summed E-state index contributed by atoms with van der Waals surface area (Å²) in [6.07, 6.45) is 8.14. The van der Waals surface area contributed by atoms with Gasteiger partial charge in [0.05, 0.1) is 11.5 Å². The number of benzene rings is 1. The maximum Gasteiger partial charge on any atom is 0.346 e. The van der Waals surface area contributed by atoms with Gasteiger partial charge in [0.25, 0.3) is 5.69 Å². The highest BCUT2D eigenvalue weighted by molar-refractivity contribution is 5.91. The molecule has 1 saturated carbocycles. The number of nitrogens with zero attached hydrogens (tertiary/aromatic N) is 5. The summed E-state index contributed by atoms with van der Waals surface area (Å²) in [6.45, 7) is 0.473. The van der Waals surface area contributed by atoms with Crippen molar-refractivity contribution in [1.29, 1.82) is 0 Å². The van der Waals surface area contributed by atoms with Gasteiger partial charge in [0.1, 0.15) is 0 Å². The lowest BCUT2D eigenvalue weighted by atomic mass is 10.2. The molecule has 1 fully saturated rings. The van der Waals surface area contributed by atoms with E-state index < -0.39 is 4.92 Å². The van der Waals surface area contributed by atoms with E-state index in [2.05, 4.69) is 15.4 Å². The third-order valence-corrected chi connectivity index (χ3v) is 4.86. The van der Waals surface area contributed by atoms with Crippen LogP contribution in [0.4, 0.5) is 5.69 Å². The normalized spacial score (nSPS) is 13.4. The minimum atomic E-state index is -0.480. The van der Waals surface area contributed by atoms with E-state index in [0.717, 1.165) is 18.4 Å². The molecule has 0 atom stereocenters. The van der Waals surface area contributed by atoms with Crippen molar-refractivity contribution >= 4 is 17.7 Å². The average Bonchev–Trinajstić information content (AvgIpc) is 3.57. The Morgan fingerprint density at radius 1 is 1.26 bits per heavy atom. The van der Waals surface area contributed by atoms with Crippen LogP contribution in [0.2, 0.25) is 0 Å². The van der Waals surface area contributed by atoms with Crippen molar-refractivity contribution in [3.05, 3.63) is 81.0 Å². The van der Waals surface area contributed by atoms with Gasteiger partial charge < -0.3 is 5.32 Å². The molecule has 0 saturated heterocycles. The van der Waals surface area contributed by atoms with Crippen molar-refractivity contribution in [2.24, 2.45) is 0 Å². The predicted octanol–water partition coefficient (Wildman–Crippen LogP) is 2.18. The monoisotopic (exact) mass is 420 g/mol. The number of hydrogen-bond acceptors (Lipinski definition) is 6. The summed E-state index contributed by atoms with van der Waals surface area (Å²) in [4.78, 5) is 39.1. The number of hydrogen-bond donors (Lipinski definition) is 1. The molecular formula is C21H20N6O4. The van der Waals surface area contributed by atoms with Gasteiger partial charge in [0, 0.05) is 48.8 Å². The molecule has 0 unspecified atom stereocenters. The van der Waals surface area contributed by atoms with Crippen molar-refractivity contribution in [2.75, 3.05) is 6.54 Å². The Kier molecular flexibility index (Phi) is 5.69. The molecule has 1 aliphatic rings. The van der Waals surface area contributed by atoms with Gasteiger partial charge in [0.2, 0.25) is 5.91 Å². The Labute approximate surface area is 177 Å². The Morgan fingerprint density at radius 3 is 2.68 bits per heavy atom. The lowest BCUT2D eigenvalue weighted by molar-refractivity contribution is -0.384. The number of amides is 1. The fraction of sp³-hybridized carbons (Fsp3) is 0.238. The molecule has 3 aromatic rings. The van der Waals surface area contributed by atoms with E-state index in [1.807, 2.05) is 6.07 Å². The fourth-order valence-corrected chi connectivity index (χ4v) is 3.14. The maximum absolute atomic E-state index is 12.8. The standard InChI is InChI=1S/C21H20N6O4/c28-19(10-5-15-3-6-18(7-4-15)27(30)31)23-12-13-25-21(29)26(17-8-9-17)20(24-25)16-2-1-11-22-14-16/h1-7,10-11,14,17H,8-9,12-13H2,(H,23,28)/b10-5+. The topological polar surface area (TPSA) is 125 Å². The van der Waals surface area contributed by atoms with Crippen molar-refractivity contribution in [3.63, 3.8) is 0 Å². The number of nitro benzene ring substituents is 1. The van der Waals surface area contributed by atoms with E-state index in [1.54, 1.807) is 41.2 Å². The van der Waals surface area contributed by atoms with Crippen LogP contribution in [0.15, 0.2) is 59.7 Å². The van der Waals surface area contributed by atoms with Gasteiger partial charge in [-0.15, -0.1) is 5.10 Å². The molecule has 10 nitrogen and oxygen atoms in total. The van der Waals surface area contributed by atoms with Gasteiger partial charge in [-0.05, 0) is 48.7 Å². The summed E-state index contributed by atoms with van der Waals surface area (Å²) in [6, 6.07) is 9.70. The van der Waals surface area contributed by atoms with Gasteiger partial charge >= 0.3 is 5.69 Å². The summed E-state index contributed by atoms with van der Waals surface area (Å²) in [5, 5.41) is 17.8. The van der Waals surface area contributed by atoms with E-state index in [1.165, 1.54) is 22.9 Å². The molecule has 1 aliphatic carbocycles. The van der Waals surface area contributed by atoms with E-state index in [-0.39, 0.29) is 36.4 Å². The van der Waals surface area contributed by atoms with E-state index in [0.29, 0.717) is 11.4 Å². The van der Waals surface area contributed by atoms with Crippen LogP contribution in [0, 0.1) is 10.1 Å². The quantitative estimate of drug-likeness (QED) is 0.338. The zero-order valence-electron chi connectivity index (χ0n) is 16.5. The first-order chi connectivity index (χ1) is 15.0. The molecule has 0 spiro atoms. The molecule has 10 heteroatoms. The van der Waals surface area contributed by atoms with Crippen LogP contribution in [-0.4, -0.2) is 36.7 Å². The van der Waals surface area contributed by atoms with Gasteiger partial charge in [-0.25, -0.2) is 9.48 Å². The van der Waals surface area contributed by atoms with Crippen LogP contribution in [0.5, 0.6) is 0 Å². The second kappa shape index (κ2) is 8.74. The van der Waals surface area contributed by atoms with Gasteiger partial charge in [-0.3, -0.25) is 24.5 Å². The largest absolute Gasteiger partial charge is 0.351 e. The maximum atomic E-state index is 12.8. The van der Waals surface area contributed by atoms with Crippen molar-refractivity contribution in [3.8, 4) is 11.4 Å². The lowest BCUT2D eigenvalue weighted by Crippen LogP contribution is -2.31. The first-order valence-corrected chi connectivity index (χ1v) is 9.83. The number of carbonyl (C=O) groups is 1. The molecule has 0 aliphatic heterocycles. The molecule has 2 heterocycles. The number of carbonyl (C=O) groups excluding carboxylic acids is 1. The Balaban J connectivity index is 1.38. The van der Waals surface area contributed by atoms with Gasteiger partial charge in [-0.1, -0.05) is 0 Å². The van der Waals surface area contributed by atoms with Gasteiger partial charge in [0.15, 0.2) is 5.82 Å². The Hall–Kier alpha value is -4.08. The third kappa shape index (κ3) is 4.74. The highest BCUT2D eigenvalue weighted by Gasteiger charge is 2.30.